The molecule has 26 heavy (non-hydrogen) atoms. The van der Waals surface area contributed by atoms with Gasteiger partial charge in [0, 0.05) is 29.4 Å². The number of nitrogens with one attached hydrogen (secondary N) is 1. The van der Waals surface area contributed by atoms with Crippen LogP contribution in [0.2, 0.25) is 0 Å². The Balaban J connectivity index is 1.43. The Morgan fingerprint density at radius 2 is 2.08 bits per heavy atom. The van der Waals surface area contributed by atoms with Crippen molar-refractivity contribution in [2.75, 3.05) is 5.32 Å². The SMILES string of the molecule is Cc1nn(CC2CCCC2)c2ccc(NC3=NCc4cccnc43)cc12. The minimum absolute atomic E-state index is 0.700. The van der Waals surface area contributed by atoms with Crippen LogP contribution < -0.4 is 5.32 Å². The third-order valence-electron chi connectivity index (χ3n) is 5.63. The quantitative estimate of drug-likeness (QED) is 0.770. The van der Waals surface area contributed by atoms with Crippen molar-refractivity contribution in [3.63, 3.8) is 0 Å². The molecule has 5 heteroatoms. The van der Waals surface area contributed by atoms with E-state index in [1.165, 1.54) is 42.1 Å². The van der Waals surface area contributed by atoms with Crippen molar-refractivity contribution in [1.29, 1.82) is 0 Å². The molecule has 1 aliphatic carbocycles. The highest BCUT2D eigenvalue weighted by atomic mass is 15.3. The summed E-state index contributed by atoms with van der Waals surface area (Å²) in [6.45, 7) is 3.84. The molecule has 132 valence electrons. The molecule has 3 aromatic rings. The molecule has 0 radical (unpaired) electrons. The van der Waals surface area contributed by atoms with Gasteiger partial charge in [-0.1, -0.05) is 18.9 Å². The zero-order valence-electron chi connectivity index (χ0n) is 15.1. The average molecular weight is 345 g/mol. The fourth-order valence-electron chi connectivity index (χ4n) is 4.25. The number of aromatic nitrogens is 3. The van der Waals surface area contributed by atoms with Crippen LogP contribution in [0.15, 0.2) is 41.5 Å². The van der Waals surface area contributed by atoms with Crippen LogP contribution in [0.25, 0.3) is 10.9 Å². The Kier molecular flexibility index (Phi) is 3.73. The van der Waals surface area contributed by atoms with E-state index in [1.807, 2.05) is 12.3 Å². The fraction of sp³-hybridized carbons (Fsp3) is 0.381. The number of aliphatic imine (C=N–C) groups is 1. The molecule has 1 saturated carbocycles. The van der Waals surface area contributed by atoms with E-state index in [0.29, 0.717) is 6.54 Å². The van der Waals surface area contributed by atoms with Crippen LogP contribution in [-0.4, -0.2) is 20.6 Å². The zero-order chi connectivity index (χ0) is 17.5. The van der Waals surface area contributed by atoms with Crippen LogP contribution in [0.1, 0.15) is 42.6 Å². The first-order valence-electron chi connectivity index (χ1n) is 9.51. The molecule has 1 N–H and O–H groups in total. The molecular weight excluding hydrogens is 322 g/mol. The molecule has 0 amide bonds. The van der Waals surface area contributed by atoms with Crippen molar-refractivity contribution < 1.29 is 0 Å². The second-order valence-corrected chi connectivity index (χ2v) is 7.45. The van der Waals surface area contributed by atoms with Crippen LogP contribution in [0.5, 0.6) is 0 Å². The molecule has 2 aromatic heterocycles. The number of amidine groups is 1. The van der Waals surface area contributed by atoms with Crippen molar-refractivity contribution in [2.45, 2.75) is 45.7 Å². The number of rotatable bonds is 3. The predicted molar refractivity (Wildman–Crippen MR) is 105 cm³/mol. The fourth-order valence-corrected chi connectivity index (χ4v) is 4.25. The van der Waals surface area contributed by atoms with Gasteiger partial charge < -0.3 is 5.32 Å². The summed E-state index contributed by atoms with van der Waals surface area (Å²) < 4.78 is 2.20. The standard InChI is InChI=1S/C21H23N5/c1-14-18-11-17(24-21-20-16(12-23-21)7-4-10-22-20)8-9-19(18)26(25-14)13-15-5-2-3-6-15/h4,7-11,15H,2-3,5-6,12-13H2,1H3,(H,23,24). The topological polar surface area (TPSA) is 55.1 Å². The van der Waals surface area contributed by atoms with E-state index in [9.17, 15) is 0 Å². The Labute approximate surface area is 153 Å². The van der Waals surface area contributed by atoms with Crippen molar-refractivity contribution in [3.8, 4) is 0 Å². The Bertz CT molecular complexity index is 995. The van der Waals surface area contributed by atoms with E-state index in [0.717, 1.165) is 35.4 Å². The molecular formula is C21H23N5. The number of fused-ring (bicyclic) bond motifs is 2. The maximum absolute atomic E-state index is 4.81. The van der Waals surface area contributed by atoms with E-state index in [-0.39, 0.29) is 0 Å². The highest BCUT2D eigenvalue weighted by molar-refractivity contribution is 6.09. The molecule has 0 atom stereocenters. The van der Waals surface area contributed by atoms with Gasteiger partial charge in [0.15, 0.2) is 5.84 Å². The first-order chi connectivity index (χ1) is 12.8. The summed E-state index contributed by atoms with van der Waals surface area (Å²) in [7, 11) is 0. The van der Waals surface area contributed by atoms with Gasteiger partial charge in [-0.2, -0.15) is 5.10 Å². The van der Waals surface area contributed by atoms with Gasteiger partial charge in [0.05, 0.1) is 17.8 Å². The molecule has 5 rings (SSSR count). The summed E-state index contributed by atoms with van der Waals surface area (Å²) in [6.07, 6.45) is 7.24. The van der Waals surface area contributed by atoms with Gasteiger partial charge in [-0.25, -0.2) is 0 Å². The average Bonchev–Trinajstić information content (AvgIpc) is 3.37. The first-order valence-corrected chi connectivity index (χ1v) is 9.51. The Morgan fingerprint density at radius 3 is 2.96 bits per heavy atom. The molecule has 3 heterocycles. The summed E-state index contributed by atoms with van der Waals surface area (Å²) in [5.41, 5.74) is 5.50. The minimum atomic E-state index is 0.700. The van der Waals surface area contributed by atoms with Gasteiger partial charge in [-0.15, -0.1) is 0 Å². The first kappa shape index (κ1) is 15.6. The lowest BCUT2D eigenvalue weighted by Gasteiger charge is -2.11. The Hall–Kier alpha value is -2.69. The lowest BCUT2D eigenvalue weighted by Crippen LogP contribution is -2.13. The summed E-state index contributed by atoms with van der Waals surface area (Å²) in [5, 5.41) is 9.47. The van der Waals surface area contributed by atoms with Crippen molar-refractivity contribution >= 4 is 22.4 Å². The molecule has 0 bridgehead atoms. The number of hydrogen-bond donors (Lipinski definition) is 1. The molecule has 0 saturated heterocycles. The number of benzene rings is 1. The predicted octanol–water partition coefficient (Wildman–Crippen LogP) is 4.30. The highest BCUT2D eigenvalue weighted by Gasteiger charge is 2.19. The van der Waals surface area contributed by atoms with Crippen molar-refractivity contribution in [3.05, 3.63) is 53.5 Å². The number of aryl methyl sites for hydroxylation is 1. The number of hydrogen-bond acceptors (Lipinski definition) is 4. The summed E-state index contributed by atoms with van der Waals surface area (Å²) in [5.74, 6) is 1.64. The van der Waals surface area contributed by atoms with Crippen molar-refractivity contribution in [1.82, 2.24) is 14.8 Å². The summed E-state index contributed by atoms with van der Waals surface area (Å²) >= 11 is 0. The molecule has 0 unspecified atom stereocenters. The van der Waals surface area contributed by atoms with Gasteiger partial charge in [0.2, 0.25) is 0 Å². The second-order valence-electron chi connectivity index (χ2n) is 7.45. The van der Waals surface area contributed by atoms with Crippen LogP contribution >= 0.6 is 0 Å². The normalized spacial score (nSPS) is 16.9. The van der Waals surface area contributed by atoms with Crippen LogP contribution in [0, 0.1) is 12.8 Å². The monoisotopic (exact) mass is 345 g/mol. The van der Waals surface area contributed by atoms with Crippen molar-refractivity contribution in [2.24, 2.45) is 10.9 Å². The van der Waals surface area contributed by atoms with E-state index < -0.39 is 0 Å². The number of nitrogens with zero attached hydrogens (tertiary/aromatic N) is 4. The Morgan fingerprint density at radius 1 is 1.19 bits per heavy atom. The number of pyridine rings is 1. The van der Waals surface area contributed by atoms with Gasteiger partial charge >= 0.3 is 0 Å². The second kappa shape index (κ2) is 6.24. The molecule has 1 aromatic carbocycles. The van der Waals surface area contributed by atoms with Gasteiger partial charge in [0.1, 0.15) is 5.69 Å². The van der Waals surface area contributed by atoms with E-state index in [2.05, 4.69) is 51.2 Å². The van der Waals surface area contributed by atoms with Crippen LogP contribution in [0.4, 0.5) is 5.69 Å². The largest absolute Gasteiger partial charge is 0.339 e. The lowest BCUT2D eigenvalue weighted by atomic mass is 10.1. The van der Waals surface area contributed by atoms with Gasteiger partial charge in [-0.3, -0.25) is 14.7 Å². The summed E-state index contributed by atoms with van der Waals surface area (Å²) in [6, 6.07) is 10.5. The smallest absolute Gasteiger partial charge is 0.152 e. The van der Waals surface area contributed by atoms with Gasteiger partial charge in [0.25, 0.3) is 0 Å². The molecule has 0 spiro atoms. The number of anilines is 1. The minimum Gasteiger partial charge on any atom is -0.339 e. The highest BCUT2D eigenvalue weighted by Crippen LogP contribution is 2.29. The van der Waals surface area contributed by atoms with E-state index in [4.69, 9.17) is 5.10 Å². The maximum atomic E-state index is 4.81. The van der Waals surface area contributed by atoms with Crippen LogP contribution in [0.3, 0.4) is 0 Å². The molecule has 2 aliphatic rings. The third-order valence-corrected chi connectivity index (χ3v) is 5.63. The molecule has 1 fully saturated rings. The molecule has 1 aliphatic heterocycles. The lowest BCUT2D eigenvalue weighted by molar-refractivity contribution is 0.436. The summed E-state index contributed by atoms with van der Waals surface area (Å²) in [4.78, 5) is 9.07. The van der Waals surface area contributed by atoms with E-state index in [1.54, 1.807) is 0 Å². The maximum Gasteiger partial charge on any atom is 0.152 e. The molecule has 5 nitrogen and oxygen atoms in total. The third kappa shape index (κ3) is 2.68. The van der Waals surface area contributed by atoms with Crippen LogP contribution in [-0.2, 0) is 13.1 Å². The van der Waals surface area contributed by atoms with Gasteiger partial charge in [-0.05, 0) is 49.9 Å². The van der Waals surface area contributed by atoms with E-state index >= 15 is 0 Å². The zero-order valence-corrected chi connectivity index (χ0v) is 15.1.